The third-order valence-corrected chi connectivity index (χ3v) is 4.49. The Labute approximate surface area is 87.3 Å². The van der Waals surface area contributed by atoms with Crippen molar-refractivity contribution in [2.24, 2.45) is 11.3 Å². The molecule has 2 fully saturated rings. The van der Waals surface area contributed by atoms with Gasteiger partial charge in [-0.2, -0.15) is 0 Å². The Morgan fingerprint density at radius 1 is 1.14 bits per heavy atom. The first-order valence-electron chi connectivity index (χ1n) is 6.22. The highest BCUT2D eigenvalue weighted by molar-refractivity contribution is 5.79. The summed E-state index contributed by atoms with van der Waals surface area (Å²) in [7, 11) is 0. The minimum absolute atomic E-state index is 0.508. The molecule has 2 aliphatic rings. The van der Waals surface area contributed by atoms with Gasteiger partial charge in [0.25, 0.3) is 0 Å². The van der Waals surface area contributed by atoms with Crippen molar-refractivity contribution in [3.05, 3.63) is 0 Å². The Balaban J connectivity index is 2.07. The predicted molar refractivity (Wildman–Crippen MR) is 58.2 cm³/mol. The fourth-order valence-corrected chi connectivity index (χ4v) is 3.31. The highest BCUT2D eigenvalue weighted by Crippen LogP contribution is 2.47. The molecule has 0 heterocycles. The number of rotatable bonds is 0. The van der Waals surface area contributed by atoms with Gasteiger partial charge in [0.1, 0.15) is 5.78 Å². The molecule has 1 nitrogen and oxygen atoms in total. The van der Waals surface area contributed by atoms with Crippen LogP contribution in [0.2, 0.25) is 0 Å². The molecule has 0 N–H and O–H groups in total. The number of carbonyl (C=O) groups excluding carboxylic acids is 1. The topological polar surface area (TPSA) is 17.1 Å². The minimum Gasteiger partial charge on any atom is -0.300 e. The summed E-state index contributed by atoms with van der Waals surface area (Å²) in [5.74, 6) is 1.23. The zero-order valence-electron chi connectivity index (χ0n) is 9.35. The van der Waals surface area contributed by atoms with Crippen LogP contribution in [0, 0.1) is 11.3 Å². The fraction of sp³-hybridized carbons (Fsp3) is 0.923. The lowest BCUT2D eigenvalue weighted by molar-refractivity contribution is -0.125. The number of ketones is 1. The fourth-order valence-electron chi connectivity index (χ4n) is 3.31. The molecule has 0 saturated heterocycles. The average Bonchev–Trinajstić information content (AvgIpc) is 2.14. The van der Waals surface area contributed by atoms with E-state index in [0.29, 0.717) is 17.1 Å². The van der Waals surface area contributed by atoms with E-state index in [9.17, 15) is 4.79 Å². The molecule has 0 aromatic heterocycles. The summed E-state index contributed by atoms with van der Waals surface area (Å²) in [5.41, 5.74) is 0.508. The molecule has 2 aliphatic carbocycles. The molecule has 2 saturated carbocycles. The van der Waals surface area contributed by atoms with E-state index < -0.39 is 0 Å². The average molecular weight is 194 g/mol. The molecule has 1 heteroatoms. The summed E-state index contributed by atoms with van der Waals surface area (Å²) < 4.78 is 0. The molecule has 0 aromatic carbocycles. The summed E-state index contributed by atoms with van der Waals surface area (Å²) in [5, 5.41) is 0. The van der Waals surface area contributed by atoms with Crippen LogP contribution in [0.1, 0.15) is 64.7 Å². The van der Waals surface area contributed by atoms with Crippen molar-refractivity contribution in [1.29, 1.82) is 0 Å². The van der Waals surface area contributed by atoms with E-state index in [0.717, 1.165) is 19.3 Å². The van der Waals surface area contributed by atoms with Gasteiger partial charge in [0, 0.05) is 12.8 Å². The van der Waals surface area contributed by atoms with E-state index in [1.165, 1.54) is 38.5 Å². The third-order valence-electron chi connectivity index (χ3n) is 4.49. The summed E-state index contributed by atoms with van der Waals surface area (Å²) in [6.07, 6.45) is 11.1. The molecule has 0 spiro atoms. The first-order chi connectivity index (χ1) is 6.71. The SMILES string of the molecule is C[C@]12CCCCCC[C@@H]1CC(=O)CC2. The number of carbonyl (C=O) groups is 1. The molecule has 0 unspecified atom stereocenters. The molecule has 0 bridgehead atoms. The van der Waals surface area contributed by atoms with Gasteiger partial charge in [0.15, 0.2) is 0 Å². The van der Waals surface area contributed by atoms with Crippen molar-refractivity contribution in [2.45, 2.75) is 64.7 Å². The van der Waals surface area contributed by atoms with E-state index in [1.54, 1.807) is 0 Å². The van der Waals surface area contributed by atoms with Gasteiger partial charge in [-0.25, -0.2) is 0 Å². The standard InChI is InChI=1S/C13H22O/c1-13-8-5-3-2-4-6-11(13)10-12(14)7-9-13/h11H,2-10H2,1H3/t11-,13-/m1/s1. The van der Waals surface area contributed by atoms with Gasteiger partial charge < -0.3 is 0 Å². The maximum atomic E-state index is 11.5. The van der Waals surface area contributed by atoms with E-state index in [1.807, 2.05) is 0 Å². The van der Waals surface area contributed by atoms with Crippen LogP contribution >= 0.6 is 0 Å². The summed E-state index contributed by atoms with van der Waals surface area (Å²) in [4.78, 5) is 11.5. The van der Waals surface area contributed by atoms with Crippen molar-refractivity contribution < 1.29 is 4.79 Å². The van der Waals surface area contributed by atoms with Gasteiger partial charge >= 0.3 is 0 Å². The molecule has 0 amide bonds. The normalized spacial score (nSPS) is 39.8. The van der Waals surface area contributed by atoms with Crippen LogP contribution in [-0.4, -0.2) is 5.78 Å². The number of hydrogen-bond donors (Lipinski definition) is 0. The molecule has 0 aliphatic heterocycles. The van der Waals surface area contributed by atoms with Crippen molar-refractivity contribution >= 4 is 5.78 Å². The first-order valence-corrected chi connectivity index (χ1v) is 6.22. The molecule has 2 atom stereocenters. The smallest absolute Gasteiger partial charge is 0.133 e. The molecular formula is C13H22O. The lowest BCUT2D eigenvalue weighted by Gasteiger charge is -2.42. The van der Waals surface area contributed by atoms with Gasteiger partial charge in [-0.15, -0.1) is 0 Å². The van der Waals surface area contributed by atoms with Gasteiger partial charge in [-0.1, -0.05) is 32.6 Å². The van der Waals surface area contributed by atoms with Crippen LogP contribution in [0.3, 0.4) is 0 Å². The zero-order chi connectivity index (χ0) is 10.0. The molecule has 2 rings (SSSR count). The van der Waals surface area contributed by atoms with Crippen LogP contribution in [0.15, 0.2) is 0 Å². The summed E-state index contributed by atoms with van der Waals surface area (Å²) in [6.45, 7) is 2.43. The Hall–Kier alpha value is -0.330. The second kappa shape index (κ2) is 4.04. The van der Waals surface area contributed by atoms with E-state index in [4.69, 9.17) is 0 Å². The number of hydrogen-bond acceptors (Lipinski definition) is 1. The number of Topliss-reactive ketones (excluding diaryl/α,β-unsaturated/α-hetero) is 1. The molecule has 0 radical (unpaired) electrons. The van der Waals surface area contributed by atoms with Crippen LogP contribution < -0.4 is 0 Å². The van der Waals surface area contributed by atoms with Crippen molar-refractivity contribution in [3.63, 3.8) is 0 Å². The first kappa shape index (κ1) is 10.2. The highest BCUT2D eigenvalue weighted by atomic mass is 16.1. The molecular weight excluding hydrogens is 172 g/mol. The van der Waals surface area contributed by atoms with Crippen LogP contribution in [0.4, 0.5) is 0 Å². The second-order valence-corrected chi connectivity index (χ2v) is 5.55. The zero-order valence-corrected chi connectivity index (χ0v) is 9.35. The summed E-state index contributed by atoms with van der Waals surface area (Å²) in [6, 6.07) is 0. The largest absolute Gasteiger partial charge is 0.300 e. The lowest BCUT2D eigenvalue weighted by Crippen LogP contribution is -2.35. The van der Waals surface area contributed by atoms with Crippen molar-refractivity contribution in [2.75, 3.05) is 0 Å². The minimum atomic E-state index is 0.508. The molecule has 14 heavy (non-hydrogen) atoms. The summed E-state index contributed by atoms with van der Waals surface area (Å²) >= 11 is 0. The van der Waals surface area contributed by atoms with E-state index in [2.05, 4.69) is 6.92 Å². The second-order valence-electron chi connectivity index (χ2n) is 5.55. The predicted octanol–water partition coefficient (Wildman–Crippen LogP) is 3.72. The highest BCUT2D eigenvalue weighted by Gasteiger charge is 2.38. The Morgan fingerprint density at radius 3 is 2.79 bits per heavy atom. The van der Waals surface area contributed by atoms with Gasteiger partial charge in [-0.05, 0) is 30.6 Å². The van der Waals surface area contributed by atoms with Crippen LogP contribution in [0.5, 0.6) is 0 Å². The molecule has 0 aromatic rings. The third kappa shape index (κ3) is 2.02. The Morgan fingerprint density at radius 2 is 1.93 bits per heavy atom. The van der Waals surface area contributed by atoms with Crippen LogP contribution in [0.25, 0.3) is 0 Å². The van der Waals surface area contributed by atoms with E-state index in [-0.39, 0.29) is 0 Å². The van der Waals surface area contributed by atoms with Gasteiger partial charge in [0.05, 0.1) is 0 Å². The van der Waals surface area contributed by atoms with Gasteiger partial charge in [-0.3, -0.25) is 4.79 Å². The van der Waals surface area contributed by atoms with Crippen molar-refractivity contribution in [3.8, 4) is 0 Å². The monoisotopic (exact) mass is 194 g/mol. The maximum Gasteiger partial charge on any atom is 0.133 e. The quantitative estimate of drug-likeness (QED) is 0.574. The van der Waals surface area contributed by atoms with Crippen molar-refractivity contribution in [1.82, 2.24) is 0 Å². The Kier molecular flexibility index (Phi) is 2.94. The maximum absolute atomic E-state index is 11.5. The lowest BCUT2D eigenvalue weighted by atomic mass is 9.62. The van der Waals surface area contributed by atoms with Gasteiger partial charge in [0.2, 0.25) is 0 Å². The van der Waals surface area contributed by atoms with Crippen LogP contribution in [-0.2, 0) is 4.79 Å². The van der Waals surface area contributed by atoms with E-state index >= 15 is 0 Å². The Bertz CT molecular complexity index is 221. The molecule has 80 valence electrons. The number of fused-ring (bicyclic) bond motifs is 1.